The summed E-state index contributed by atoms with van der Waals surface area (Å²) in [6, 6.07) is 29.2. The second-order valence-corrected chi connectivity index (χ2v) is 5.99. The molecule has 0 spiro atoms. The first-order valence-electron chi connectivity index (χ1n) is 9.13. The summed E-state index contributed by atoms with van der Waals surface area (Å²) in [5.74, 6) is 2.07. The Bertz CT molecular complexity index is 872. The number of aliphatic imine (C=N–C) groups is 1. The van der Waals surface area contributed by atoms with Crippen LogP contribution in [0.4, 0.5) is 5.69 Å². The molecule has 0 aliphatic rings. The van der Waals surface area contributed by atoms with Crippen LogP contribution in [0.2, 0.25) is 0 Å². The first-order chi connectivity index (χ1) is 13.3. The van der Waals surface area contributed by atoms with E-state index in [9.17, 15) is 0 Å². The van der Waals surface area contributed by atoms with Crippen LogP contribution in [-0.4, -0.2) is 5.90 Å². The lowest BCUT2D eigenvalue weighted by atomic mass is 10.1. The molecule has 0 aliphatic carbocycles. The molecule has 0 radical (unpaired) electrons. The summed E-state index contributed by atoms with van der Waals surface area (Å²) in [7, 11) is 0. The second-order valence-electron chi connectivity index (χ2n) is 5.99. The average molecular weight is 357 g/mol. The molecule has 0 heterocycles. The van der Waals surface area contributed by atoms with E-state index < -0.39 is 0 Å². The summed E-state index contributed by atoms with van der Waals surface area (Å²) in [5.41, 5.74) is 1.75. The van der Waals surface area contributed by atoms with E-state index in [0.717, 1.165) is 35.6 Å². The minimum Gasteiger partial charge on any atom is -0.465 e. The van der Waals surface area contributed by atoms with Crippen molar-refractivity contribution in [1.29, 1.82) is 0 Å². The normalized spacial score (nSPS) is 11.9. The van der Waals surface area contributed by atoms with E-state index in [1.165, 1.54) is 0 Å². The summed E-state index contributed by atoms with van der Waals surface area (Å²) < 4.78 is 12.0. The maximum absolute atomic E-state index is 6.12. The maximum Gasteiger partial charge on any atom is 0.226 e. The van der Waals surface area contributed by atoms with Gasteiger partial charge in [0.25, 0.3) is 0 Å². The summed E-state index contributed by atoms with van der Waals surface area (Å²) in [6.07, 6.45) is 3.49. The first kappa shape index (κ1) is 18.5. The quantitative estimate of drug-likeness (QED) is 0.272. The molecule has 3 aromatic rings. The highest BCUT2D eigenvalue weighted by atomic mass is 16.5. The molecule has 0 atom stereocenters. The SMILES string of the molecule is CCCC(=COc1ccccc1)C(=Nc1ccccc1)Oc1ccccc1. The van der Waals surface area contributed by atoms with E-state index in [2.05, 4.69) is 6.92 Å². The molecule has 0 aliphatic heterocycles. The number of benzene rings is 3. The van der Waals surface area contributed by atoms with Crippen LogP contribution in [0.25, 0.3) is 0 Å². The van der Waals surface area contributed by atoms with Crippen LogP contribution >= 0.6 is 0 Å². The fourth-order valence-electron chi connectivity index (χ4n) is 2.50. The third-order valence-corrected chi connectivity index (χ3v) is 3.82. The van der Waals surface area contributed by atoms with Gasteiger partial charge in [-0.2, -0.15) is 0 Å². The molecular formula is C24H23NO2. The topological polar surface area (TPSA) is 30.8 Å². The van der Waals surface area contributed by atoms with Gasteiger partial charge in [0.2, 0.25) is 5.90 Å². The van der Waals surface area contributed by atoms with Gasteiger partial charge in [0.05, 0.1) is 11.9 Å². The molecule has 0 bridgehead atoms. The summed E-state index contributed by atoms with van der Waals surface area (Å²) in [6.45, 7) is 2.12. The lowest BCUT2D eigenvalue weighted by Gasteiger charge is -2.13. The van der Waals surface area contributed by atoms with E-state index in [4.69, 9.17) is 14.5 Å². The van der Waals surface area contributed by atoms with Crippen LogP contribution in [-0.2, 0) is 0 Å². The fourth-order valence-corrected chi connectivity index (χ4v) is 2.50. The lowest BCUT2D eigenvalue weighted by molar-refractivity contribution is 0.470. The molecule has 0 unspecified atom stereocenters. The molecule has 0 saturated heterocycles. The van der Waals surface area contributed by atoms with E-state index in [-0.39, 0.29) is 0 Å². The highest BCUT2D eigenvalue weighted by molar-refractivity contribution is 5.96. The van der Waals surface area contributed by atoms with Crippen molar-refractivity contribution in [3.05, 3.63) is 103 Å². The van der Waals surface area contributed by atoms with E-state index in [1.807, 2.05) is 91.0 Å². The van der Waals surface area contributed by atoms with Crippen LogP contribution in [0.3, 0.4) is 0 Å². The number of rotatable bonds is 7. The molecule has 136 valence electrons. The largest absolute Gasteiger partial charge is 0.465 e. The average Bonchev–Trinajstić information content (AvgIpc) is 2.73. The minimum atomic E-state index is 0.546. The Kier molecular flexibility index (Phi) is 6.82. The second kappa shape index (κ2) is 9.97. The summed E-state index contributed by atoms with van der Waals surface area (Å²) >= 11 is 0. The van der Waals surface area contributed by atoms with Gasteiger partial charge >= 0.3 is 0 Å². The number of ether oxygens (including phenoxy) is 2. The molecule has 3 nitrogen and oxygen atoms in total. The van der Waals surface area contributed by atoms with Crippen LogP contribution in [0.15, 0.2) is 108 Å². The monoisotopic (exact) mass is 357 g/mol. The third-order valence-electron chi connectivity index (χ3n) is 3.82. The fraction of sp³-hybridized carbons (Fsp3) is 0.125. The van der Waals surface area contributed by atoms with Gasteiger partial charge in [0.1, 0.15) is 11.5 Å². The number of para-hydroxylation sites is 3. The Hall–Kier alpha value is -3.33. The zero-order valence-electron chi connectivity index (χ0n) is 15.4. The highest BCUT2D eigenvalue weighted by Gasteiger charge is 2.11. The summed E-state index contributed by atoms with van der Waals surface area (Å²) in [5, 5.41) is 0. The van der Waals surface area contributed by atoms with Crippen molar-refractivity contribution in [3.8, 4) is 11.5 Å². The van der Waals surface area contributed by atoms with Gasteiger partial charge in [-0.05, 0) is 42.8 Å². The Morgan fingerprint density at radius 1 is 0.778 bits per heavy atom. The lowest BCUT2D eigenvalue weighted by Crippen LogP contribution is -2.13. The molecule has 0 amide bonds. The minimum absolute atomic E-state index is 0.546. The van der Waals surface area contributed by atoms with Gasteiger partial charge < -0.3 is 9.47 Å². The van der Waals surface area contributed by atoms with Crippen molar-refractivity contribution in [3.63, 3.8) is 0 Å². The smallest absolute Gasteiger partial charge is 0.226 e. The predicted molar refractivity (Wildman–Crippen MR) is 111 cm³/mol. The van der Waals surface area contributed by atoms with Crippen molar-refractivity contribution in [2.75, 3.05) is 0 Å². The number of nitrogens with zero attached hydrogens (tertiary/aromatic N) is 1. The summed E-state index contributed by atoms with van der Waals surface area (Å²) in [4.78, 5) is 4.73. The number of hydrogen-bond acceptors (Lipinski definition) is 3. The molecule has 0 N–H and O–H groups in total. The van der Waals surface area contributed by atoms with Crippen molar-refractivity contribution in [2.45, 2.75) is 19.8 Å². The van der Waals surface area contributed by atoms with Crippen molar-refractivity contribution >= 4 is 11.6 Å². The van der Waals surface area contributed by atoms with Gasteiger partial charge in [-0.3, -0.25) is 0 Å². The van der Waals surface area contributed by atoms with Crippen LogP contribution in [0.1, 0.15) is 19.8 Å². The zero-order chi connectivity index (χ0) is 18.7. The van der Waals surface area contributed by atoms with Crippen LogP contribution in [0, 0.1) is 0 Å². The Labute approximate surface area is 160 Å². The van der Waals surface area contributed by atoms with Crippen molar-refractivity contribution < 1.29 is 9.47 Å². The van der Waals surface area contributed by atoms with E-state index in [1.54, 1.807) is 6.26 Å². The van der Waals surface area contributed by atoms with E-state index >= 15 is 0 Å². The Morgan fingerprint density at radius 2 is 1.33 bits per heavy atom. The van der Waals surface area contributed by atoms with Gasteiger partial charge in [-0.1, -0.05) is 67.9 Å². The first-order valence-corrected chi connectivity index (χ1v) is 9.13. The maximum atomic E-state index is 6.12. The standard InChI is InChI=1S/C24H23NO2/c1-2-12-20(19-26-22-15-8-4-9-16-22)24(25-21-13-6-3-7-14-21)27-23-17-10-5-11-18-23/h3-11,13-19H,2,12H2,1H3. The molecule has 0 fully saturated rings. The van der Waals surface area contributed by atoms with E-state index in [0.29, 0.717) is 5.90 Å². The highest BCUT2D eigenvalue weighted by Crippen LogP contribution is 2.20. The van der Waals surface area contributed by atoms with Gasteiger partial charge in [-0.15, -0.1) is 0 Å². The van der Waals surface area contributed by atoms with Gasteiger partial charge in [0.15, 0.2) is 0 Å². The molecule has 0 aromatic heterocycles. The Balaban J connectivity index is 1.93. The zero-order valence-corrected chi connectivity index (χ0v) is 15.4. The molecule has 0 saturated carbocycles. The molecule has 3 heteroatoms. The third kappa shape index (κ3) is 5.86. The van der Waals surface area contributed by atoms with Crippen LogP contribution < -0.4 is 9.47 Å². The van der Waals surface area contributed by atoms with Crippen molar-refractivity contribution in [1.82, 2.24) is 0 Å². The molecule has 3 aromatic carbocycles. The van der Waals surface area contributed by atoms with Gasteiger partial charge in [-0.25, -0.2) is 4.99 Å². The predicted octanol–water partition coefficient (Wildman–Crippen LogP) is 6.56. The number of hydrogen-bond donors (Lipinski definition) is 0. The van der Waals surface area contributed by atoms with Gasteiger partial charge in [0, 0.05) is 5.57 Å². The molecular weight excluding hydrogens is 334 g/mol. The van der Waals surface area contributed by atoms with Crippen LogP contribution in [0.5, 0.6) is 11.5 Å². The molecule has 27 heavy (non-hydrogen) atoms. The van der Waals surface area contributed by atoms with Crippen molar-refractivity contribution in [2.24, 2.45) is 4.99 Å². The Morgan fingerprint density at radius 3 is 1.93 bits per heavy atom. The molecule has 3 rings (SSSR count).